The van der Waals surface area contributed by atoms with Crippen LogP contribution in [0.2, 0.25) is 0 Å². The van der Waals surface area contributed by atoms with Crippen LogP contribution in [-0.2, 0) is 0 Å². The van der Waals surface area contributed by atoms with Crippen molar-refractivity contribution in [2.75, 3.05) is 14.2 Å². The van der Waals surface area contributed by atoms with Gasteiger partial charge in [-0.25, -0.2) is 9.37 Å². The molecule has 3 aromatic rings. The molecule has 0 spiro atoms. The van der Waals surface area contributed by atoms with Gasteiger partial charge in [-0.15, -0.1) is 0 Å². The van der Waals surface area contributed by atoms with Crippen LogP contribution in [0.4, 0.5) is 4.39 Å². The smallest absolute Gasteiger partial charge is 0.161 e. The second kappa shape index (κ2) is 5.09. The van der Waals surface area contributed by atoms with Crippen LogP contribution in [0.25, 0.3) is 16.9 Å². The molecule has 0 saturated carbocycles. The Morgan fingerprint density at radius 1 is 1.05 bits per heavy atom. The van der Waals surface area contributed by atoms with Gasteiger partial charge in [0.05, 0.1) is 25.6 Å². The average molecular weight is 286 g/mol. The first-order chi connectivity index (χ1) is 10.1. The highest BCUT2D eigenvalue weighted by atomic mass is 19.1. The first-order valence-corrected chi connectivity index (χ1v) is 6.50. The third-order valence-electron chi connectivity index (χ3n) is 3.41. The van der Waals surface area contributed by atoms with E-state index in [0.717, 1.165) is 17.0 Å². The van der Waals surface area contributed by atoms with Gasteiger partial charge in [0.1, 0.15) is 11.5 Å². The second-order valence-electron chi connectivity index (χ2n) is 4.69. The van der Waals surface area contributed by atoms with E-state index in [1.54, 1.807) is 24.7 Å². The third kappa shape index (κ3) is 2.20. The van der Waals surface area contributed by atoms with Crippen LogP contribution in [0.1, 0.15) is 5.69 Å². The molecule has 0 amide bonds. The zero-order chi connectivity index (χ0) is 15.0. The number of ether oxygens (including phenoxy) is 2. The van der Waals surface area contributed by atoms with Gasteiger partial charge in [0.25, 0.3) is 0 Å². The molecule has 0 aliphatic carbocycles. The molecule has 4 nitrogen and oxygen atoms in total. The molecular formula is C16H15FN2O2. The van der Waals surface area contributed by atoms with E-state index >= 15 is 0 Å². The maximum Gasteiger partial charge on any atom is 0.161 e. The lowest BCUT2D eigenvalue weighted by Gasteiger charge is -2.10. The molecule has 2 heterocycles. The molecule has 1 aromatic carbocycles. The van der Waals surface area contributed by atoms with Gasteiger partial charge < -0.3 is 9.47 Å². The first kappa shape index (κ1) is 13.4. The number of aryl methyl sites for hydroxylation is 1. The van der Waals surface area contributed by atoms with Gasteiger partial charge in [-0.1, -0.05) is 0 Å². The van der Waals surface area contributed by atoms with Gasteiger partial charge >= 0.3 is 0 Å². The van der Waals surface area contributed by atoms with E-state index in [9.17, 15) is 4.39 Å². The molecule has 0 atom stereocenters. The van der Waals surface area contributed by atoms with Gasteiger partial charge in [0.15, 0.2) is 11.5 Å². The van der Waals surface area contributed by atoms with Crippen molar-refractivity contribution in [1.82, 2.24) is 9.38 Å². The Morgan fingerprint density at radius 3 is 2.52 bits per heavy atom. The van der Waals surface area contributed by atoms with E-state index < -0.39 is 0 Å². The van der Waals surface area contributed by atoms with E-state index in [1.807, 2.05) is 25.1 Å². The van der Waals surface area contributed by atoms with Gasteiger partial charge in [-0.2, -0.15) is 0 Å². The SMILES string of the molecule is COc1ccc(-c2c(C)nc3ccc(F)cn23)cc1OC. The Hall–Kier alpha value is -2.56. The fraction of sp³-hybridized carbons (Fsp3) is 0.188. The molecule has 108 valence electrons. The molecule has 3 rings (SSSR count). The highest BCUT2D eigenvalue weighted by Crippen LogP contribution is 2.33. The number of nitrogens with zero attached hydrogens (tertiary/aromatic N) is 2. The Bertz CT molecular complexity index is 811. The van der Waals surface area contributed by atoms with Crippen LogP contribution in [0.15, 0.2) is 36.5 Å². The fourth-order valence-electron chi connectivity index (χ4n) is 2.47. The maximum absolute atomic E-state index is 13.5. The Morgan fingerprint density at radius 2 is 1.81 bits per heavy atom. The Labute approximate surface area is 121 Å². The molecule has 0 bridgehead atoms. The normalized spacial score (nSPS) is 10.9. The minimum absolute atomic E-state index is 0.304. The Balaban J connectivity index is 2.24. The topological polar surface area (TPSA) is 35.8 Å². The third-order valence-corrected chi connectivity index (χ3v) is 3.41. The number of fused-ring (bicyclic) bond motifs is 1. The number of halogens is 1. The summed E-state index contributed by atoms with van der Waals surface area (Å²) in [4.78, 5) is 4.45. The summed E-state index contributed by atoms with van der Waals surface area (Å²) in [6, 6.07) is 8.65. The molecule has 2 aromatic heterocycles. The maximum atomic E-state index is 13.5. The van der Waals surface area contributed by atoms with Crippen LogP contribution in [0.5, 0.6) is 11.5 Å². The van der Waals surface area contributed by atoms with E-state index in [1.165, 1.54) is 12.3 Å². The van der Waals surface area contributed by atoms with E-state index in [0.29, 0.717) is 17.1 Å². The highest BCUT2D eigenvalue weighted by molar-refractivity contribution is 5.70. The van der Waals surface area contributed by atoms with Crippen LogP contribution in [0, 0.1) is 12.7 Å². The summed E-state index contributed by atoms with van der Waals surface area (Å²) >= 11 is 0. The van der Waals surface area contributed by atoms with E-state index in [-0.39, 0.29) is 5.82 Å². The predicted octanol–water partition coefficient (Wildman–Crippen LogP) is 3.47. The van der Waals surface area contributed by atoms with Crippen molar-refractivity contribution in [3.63, 3.8) is 0 Å². The quantitative estimate of drug-likeness (QED) is 0.739. The van der Waals surface area contributed by atoms with Crippen molar-refractivity contribution >= 4 is 5.65 Å². The molecule has 0 aliphatic rings. The minimum atomic E-state index is -0.304. The molecule has 0 N–H and O–H groups in total. The van der Waals surface area contributed by atoms with Crippen LogP contribution in [-0.4, -0.2) is 23.6 Å². The average Bonchev–Trinajstić information content (AvgIpc) is 2.81. The zero-order valence-corrected chi connectivity index (χ0v) is 12.1. The summed E-state index contributed by atoms with van der Waals surface area (Å²) in [5, 5.41) is 0. The van der Waals surface area contributed by atoms with Crippen LogP contribution >= 0.6 is 0 Å². The van der Waals surface area contributed by atoms with E-state index in [4.69, 9.17) is 9.47 Å². The van der Waals surface area contributed by atoms with Crippen molar-refractivity contribution in [3.8, 4) is 22.8 Å². The number of hydrogen-bond donors (Lipinski definition) is 0. The highest BCUT2D eigenvalue weighted by Gasteiger charge is 2.14. The lowest BCUT2D eigenvalue weighted by Crippen LogP contribution is -1.94. The molecular weight excluding hydrogens is 271 g/mol. The van der Waals surface area contributed by atoms with Crippen molar-refractivity contribution in [2.45, 2.75) is 6.92 Å². The Kier molecular flexibility index (Phi) is 3.25. The van der Waals surface area contributed by atoms with Crippen LogP contribution < -0.4 is 9.47 Å². The summed E-state index contributed by atoms with van der Waals surface area (Å²) in [7, 11) is 3.18. The number of pyridine rings is 1. The number of benzene rings is 1. The standard InChI is InChI=1S/C16H15FN2O2/c1-10-16(19-9-12(17)5-7-15(19)18-10)11-4-6-13(20-2)14(8-11)21-3/h4-9H,1-3H3. The molecule has 0 saturated heterocycles. The number of hydrogen-bond acceptors (Lipinski definition) is 3. The van der Waals surface area contributed by atoms with E-state index in [2.05, 4.69) is 4.98 Å². The summed E-state index contributed by atoms with van der Waals surface area (Å²) < 4.78 is 25.8. The van der Waals surface area contributed by atoms with Crippen molar-refractivity contribution in [1.29, 1.82) is 0 Å². The molecule has 0 radical (unpaired) electrons. The van der Waals surface area contributed by atoms with Crippen LogP contribution in [0.3, 0.4) is 0 Å². The number of rotatable bonds is 3. The monoisotopic (exact) mass is 286 g/mol. The predicted molar refractivity (Wildman–Crippen MR) is 78.4 cm³/mol. The molecule has 0 unspecified atom stereocenters. The molecule has 5 heteroatoms. The number of imidazole rings is 1. The summed E-state index contributed by atoms with van der Waals surface area (Å²) in [5.41, 5.74) is 3.26. The molecule has 0 fully saturated rings. The van der Waals surface area contributed by atoms with Gasteiger partial charge in [-0.3, -0.25) is 4.40 Å². The molecule has 21 heavy (non-hydrogen) atoms. The van der Waals surface area contributed by atoms with Crippen molar-refractivity contribution in [3.05, 3.63) is 48.0 Å². The van der Waals surface area contributed by atoms with Gasteiger partial charge in [-0.05, 0) is 37.3 Å². The molecule has 0 aliphatic heterocycles. The lowest BCUT2D eigenvalue weighted by atomic mass is 10.1. The summed E-state index contributed by atoms with van der Waals surface area (Å²) in [5.74, 6) is 0.973. The summed E-state index contributed by atoms with van der Waals surface area (Å²) in [6.07, 6.45) is 1.43. The van der Waals surface area contributed by atoms with Crippen molar-refractivity contribution < 1.29 is 13.9 Å². The largest absolute Gasteiger partial charge is 0.493 e. The zero-order valence-electron chi connectivity index (χ0n) is 12.1. The number of methoxy groups -OCH3 is 2. The fourth-order valence-corrected chi connectivity index (χ4v) is 2.47. The van der Waals surface area contributed by atoms with Gasteiger partial charge in [0, 0.05) is 11.8 Å². The summed E-state index contributed by atoms with van der Waals surface area (Å²) in [6.45, 7) is 1.90. The first-order valence-electron chi connectivity index (χ1n) is 6.50. The van der Waals surface area contributed by atoms with Gasteiger partial charge in [0.2, 0.25) is 0 Å². The van der Waals surface area contributed by atoms with Crippen molar-refractivity contribution in [2.24, 2.45) is 0 Å². The lowest BCUT2D eigenvalue weighted by molar-refractivity contribution is 0.355. The minimum Gasteiger partial charge on any atom is -0.493 e. The number of aromatic nitrogens is 2. The second-order valence-corrected chi connectivity index (χ2v) is 4.69.